The predicted molar refractivity (Wildman–Crippen MR) is 37.5 cm³/mol. The summed E-state index contributed by atoms with van der Waals surface area (Å²) < 4.78 is 0. The third kappa shape index (κ3) is 4.25. The molecular formula is C5H13N3O2. The number of carboxylic acids is 1. The van der Waals surface area contributed by atoms with Gasteiger partial charge in [-0.2, -0.15) is 0 Å². The van der Waals surface area contributed by atoms with Crippen molar-refractivity contribution in [2.75, 3.05) is 19.6 Å². The van der Waals surface area contributed by atoms with Crippen molar-refractivity contribution >= 4 is 5.97 Å². The second kappa shape index (κ2) is 5.16. The lowest BCUT2D eigenvalue weighted by Gasteiger charge is -2.05. The summed E-state index contributed by atoms with van der Waals surface area (Å²) in [5.74, 6) is -0.996. The van der Waals surface area contributed by atoms with Gasteiger partial charge in [-0.1, -0.05) is 0 Å². The summed E-state index contributed by atoms with van der Waals surface area (Å²) in [7, 11) is 0. The van der Waals surface area contributed by atoms with Gasteiger partial charge in [-0.15, -0.1) is 0 Å². The van der Waals surface area contributed by atoms with Crippen molar-refractivity contribution in [2.45, 2.75) is 6.04 Å². The van der Waals surface area contributed by atoms with E-state index in [1.165, 1.54) is 0 Å². The molecule has 5 heteroatoms. The largest absolute Gasteiger partial charge is 0.480 e. The average molecular weight is 147 g/mol. The zero-order chi connectivity index (χ0) is 7.98. The van der Waals surface area contributed by atoms with Gasteiger partial charge in [0.2, 0.25) is 0 Å². The van der Waals surface area contributed by atoms with Crippen molar-refractivity contribution in [1.29, 1.82) is 0 Å². The fourth-order valence-electron chi connectivity index (χ4n) is 0.447. The van der Waals surface area contributed by atoms with Crippen LogP contribution >= 0.6 is 0 Å². The van der Waals surface area contributed by atoms with Gasteiger partial charge in [-0.05, 0) is 0 Å². The molecule has 0 aliphatic rings. The summed E-state index contributed by atoms with van der Waals surface area (Å²) in [6, 6.07) is -0.827. The molecule has 6 N–H and O–H groups in total. The van der Waals surface area contributed by atoms with Crippen LogP contribution in [0.2, 0.25) is 0 Å². The topological polar surface area (TPSA) is 101 Å². The standard InChI is InChI=1S/C5H13N3O2/c6-1-2-8-3-4(7)5(9)10/h4,8H,1-3,6-7H2,(H,9,10). The van der Waals surface area contributed by atoms with Crippen molar-refractivity contribution in [3.8, 4) is 0 Å². The first-order valence-electron chi connectivity index (χ1n) is 3.07. The Labute approximate surface area is 59.4 Å². The van der Waals surface area contributed by atoms with Gasteiger partial charge in [0.25, 0.3) is 0 Å². The van der Waals surface area contributed by atoms with Crippen LogP contribution < -0.4 is 16.8 Å². The van der Waals surface area contributed by atoms with Crippen molar-refractivity contribution in [3.05, 3.63) is 0 Å². The highest BCUT2D eigenvalue weighted by atomic mass is 16.4. The molecule has 0 saturated heterocycles. The number of aliphatic carboxylic acids is 1. The van der Waals surface area contributed by atoms with Crippen LogP contribution in [0.4, 0.5) is 0 Å². The monoisotopic (exact) mass is 147 g/mol. The normalized spacial score (nSPS) is 13.0. The zero-order valence-electron chi connectivity index (χ0n) is 5.71. The summed E-state index contributed by atoms with van der Waals surface area (Å²) in [6.07, 6.45) is 0. The molecular weight excluding hydrogens is 134 g/mol. The summed E-state index contributed by atoms with van der Waals surface area (Å²) in [5, 5.41) is 11.1. The summed E-state index contributed by atoms with van der Waals surface area (Å²) >= 11 is 0. The number of hydrogen-bond donors (Lipinski definition) is 4. The third-order valence-electron chi connectivity index (χ3n) is 1.00. The van der Waals surface area contributed by atoms with Crippen LogP contribution in [-0.4, -0.2) is 36.8 Å². The van der Waals surface area contributed by atoms with Gasteiger partial charge in [0.1, 0.15) is 6.04 Å². The molecule has 0 bridgehead atoms. The lowest BCUT2D eigenvalue weighted by molar-refractivity contribution is -0.138. The first-order chi connectivity index (χ1) is 4.68. The van der Waals surface area contributed by atoms with Crippen molar-refractivity contribution in [2.24, 2.45) is 11.5 Å². The molecule has 0 aliphatic heterocycles. The molecule has 60 valence electrons. The molecule has 1 unspecified atom stereocenters. The molecule has 0 aromatic heterocycles. The highest BCUT2D eigenvalue weighted by Gasteiger charge is 2.08. The maximum absolute atomic E-state index is 10.1. The van der Waals surface area contributed by atoms with Crippen LogP contribution in [0.25, 0.3) is 0 Å². The van der Waals surface area contributed by atoms with Gasteiger partial charge in [0, 0.05) is 19.6 Å². The smallest absolute Gasteiger partial charge is 0.321 e. The maximum Gasteiger partial charge on any atom is 0.321 e. The molecule has 0 aromatic rings. The fourth-order valence-corrected chi connectivity index (χ4v) is 0.447. The molecule has 1 atom stereocenters. The first-order valence-corrected chi connectivity index (χ1v) is 3.07. The van der Waals surface area contributed by atoms with Crippen LogP contribution in [0, 0.1) is 0 Å². The van der Waals surface area contributed by atoms with Crippen molar-refractivity contribution in [3.63, 3.8) is 0 Å². The minimum absolute atomic E-state index is 0.270. The molecule has 0 heterocycles. The number of carboxylic acid groups (broad SMARTS) is 1. The lowest BCUT2D eigenvalue weighted by Crippen LogP contribution is -2.41. The highest BCUT2D eigenvalue weighted by molar-refractivity contribution is 5.73. The second-order valence-electron chi connectivity index (χ2n) is 1.94. The van der Waals surface area contributed by atoms with E-state index in [1.54, 1.807) is 0 Å². The molecule has 5 nitrogen and oxygen atoms in total. The molecule has 0 amide bonds. The predicted octanol–water partition coefficient (Wildman–Crippen LogP) is -2.05. The highest BCUT2D eigenvalue weighted by Crippen LogP contribution is 1.73. The minimum Gasteiger partial charge on any atom is -0.480 e. The van der Waals surface area contributed by atoms with Crippen LogP contribution in [0.1, 0.15) is 0 Å². The Hall–Kier alpha value is -0.650. The van der Waals surface area contributed by atoms with E-state index in [4.69, 9.17) is 16.6 Å². The fraction of sp³-hybridized carbons (Fsp3) is 0.800. The van der Waals surface area contributed by atoms with Crippen LogP contribution in [0.3, 0.4) is 0 Å². The molecule has 0 aliphatic carbocycles. The molecule has 0 radical (unpaired) electrons. The van der Waals surface area contributed by atoms with Gasteiger partial charge in [-0.25, -0.2) is 0 Å². The minimum atomic E-state index is -0.996. The van der Waals surface area contributed by atoms with Crippen LogP contribution in [0.15, 0.2) is 0 Å². The number of nitrogens with two attached hydrogens (primary N) is 2. The Morgan fingerprint density at radius 3 is 2.70 bits per heavy atom. The average Bonchev–Trinajstić information content (AvgIpc) is 1.88. The number of nitrogens with one attached hydrogen (secondary N) is 1. The van der Waals surface area contributed by atoms with E-state index < -0.39 is 12.0 Å². The van der Waals surface area contributed by atoms with Crippen molar-refractivity contribution < 1.29 is 9.90 Å². The Balaban J connectivity index is 3.21. The van der Waals surface area contributed by atoms with Crippen LogP contribution in [0.5, 0.6) is 0 Å². The number of carbonyl (C=O) groups is 1. The van der Waals surface area contributed by atoms with Gasteiger partial charge >= 0.3 is 5.97 Å². The summed E-state index contributed by atoms with van der Waals surface area (Å²) in [5.41, 5.74) is 10.3. The van der Waals surface area contributed by atoms with E-state index in [-0.39, 0.29) is 6.54 Å². The van der Waals surface area contributed by atoms with Crippen molar-refractivity contribution in [1.82, 2.24) is 5.32 Å². The number of hydrogen-bond acceptors (Lipinski definition) is 4. The van der Waals surface area contributed by atoms with E-state index in [2.05, 4.69) is 5.32 Å². The summed E-state index contributed by atoms with van der Waals surface area (Å²) in [4.78, 5) is 10.1. The summed E-state index contributed by atoms with van der Waals surface area (Å²) in [6.45, 7) is 1.36. The van der Waals surface area contributed by atoms with Gasteiger partial charge in [0.15, 0.2) is 0 Å². The van der Waals surface area contributed by atoms with Crippen LogP contribution in [-0.2, 0) is 4.79 Å². The number of rotatable bonds is 5. The Morgan fingerprint density at radius 1 is 1.70 bits per heavy atom. The molecule has 0 fully saturated rings. The van der Waals surface area contributed by atoms with Gasteiger partial charge in [0.05, 0.1) is 0 Å². The van der Waals surface area contributed by atoms with E-state index >= 15 is 0 Å². The first kappa shape index (κ1) is 9.35. The molecule has 0 aromatic carbocycles. The zero-order valence-corrected chi connectivity index (χ0v) is 5.71. The lowest BCUT2D eigenvalue weighted by atomic mass is 10.3. The SMILES string of the molecule is NCCNCC(N)C(=O)O. The van der Waals surface area contributed by atoms with E-state index in [9.17, 15) is 4.79 Å². The Kier molecular flexibility index (Phi) is 4.82. The maximum atomic E-state index is 10.1. The van der Waals surface area contributed by atoms with E-state index in [0.717, 1.165) is 0 Å². The molecule has 0 spiro atoms. The Bertz CT molecular complexity index is 107. The van der Waals surface area contributed by atoms with E-state index in [0.29, 0.717) is 13.1 Å². The quantitative estimate of drug-likeness (QED) is 0.335. The Morgan fingerprint density at radius 2 is 2.30 bits per heavy atom. The van der Waals surface area contributed by atoms with Gasteiger partial charge in [-0.3, -0.25) is 4.79 Å². The van der Waals surface area contributed by atoms with E-state index in [1.807, 2.05) is 0 Å². The molecule has 0 rings (SSSR count). The molecule has 0 saturated carbocycles. The second-order valence-corrected chi connectivity index (χ2v) is 1.94. The molecule has 10 heavy (non-hydrogen) atoms. The third-order valence-corrected chi connectivity index (χ3v) is 1.00. The van der Waals surface area contributed by atoms with Gasteiger partial charge < -0.3 is 21.9 Å².